The second-order valence-corrected chi connectivity index (χ2v) is 7.00. The fraction of sp³-hybridized carbons (Fsp3) is 0.263. The van der Waals surface area contributed by atoms with Crippen LogP contribution in [0, 0.1) is 0 Å². The van der Waals surface area contributed by atoms with Gasteiger partial charge in [-0.1, -0.05) is 23.5 Å². The number of benzene rings is 2. The van der Waals surface area contributed by atoms with Crippen molar-refractivity contribution in [3.05, 3.63) is 53.1 Å². The molecule has 1 N–H and O–H groups in total. The van der Waals surface area contributed by atoms with E-state index in [4.69, 9.17) is 4.74 Å². The van der Waals surface area contributed by atoms with E-state index in [0.29, 0.717) is 10.7 Å². The lowest BCUT2D eigenvalue weighted by atomic mass is 9.90. The first-order valence-corrected chi connectivity index (χ1v) is 8.93. The standard InChI is InChI=1S/C19H18N2O2S/c1-23-15-7-4-8-16-17(15)20-19(24-16)21-18(22)14-10-9-12-5-2-3-6-13(12)11-14/h4,7-11H,2-3,5-6H2,1H3,(H,20,21,22). The number of fused-ring (bicyclic) bond motifs is 2. The Balaban J connectivity index is 1.60. The molecule has 0 atom stereocenters. The van der Waals surface area contributed by atoms with Crippen LogP contribution in [0.15, 0.2) is 36.4 Å². The Morgan fingerprint density at radius 3 is 2.83 bits per heavy atom. The Hall–Kier alpha value is -2.40. The first kappa shape index (κ1) is 15.1. The number of methoxy groups -OCH3 is 1. The lowest BCUT2D eigenvalue weighted by Gasteiger charge is -2.16. The van der Waals surface area contributed by atoms with E-state index >= 15 is 0 Å². The highest BCUT2D eigenvalue weighted by Crippen LogP contribution is 2.32. The predicted molar refractivity (Wildman–Crippen MR) is 97.2 cm³/mol. The SMILES string of the molecule is COc1cccc2sc(NC(=O)c3ccc4c(c3)CCCC4)nc12. The van der Waals surface area contributed by atoms with Crippen LogP contribution in [0.3, 0.4) is 0 Å². The summed E-state index contributed by atoms with van der Waals surface area (Å²) in [4.78, 5) is 17.1. The third-order valence-corrected chi connectivity index (χ3v) is 5.37. The highest BCUT2D eigenvalue weighted by atomic mass is 32.1. The van der Waals surface area contributed by atoms with Gasteiger partial charge in [-0.05, 0) is 61.1 Å². The van der Waals surface area contributed by atoms with Crippen molar-refractivity contribution in [3.63, 3.8) is 0 Å². The summed E-state index contributed by atoms with van der Waals surface area (Å²) in [6, 6.07) is 11.8. The van der Waals surface area contributed by atoms with Crippen molar-refractivity contribution in [1.29, 1.82) is 0 Å². The normalized spacial score (nSPS) is 13.5. The molecule has 1 heterocycles. The molecule has 1 aliphatic carbocycles. The monoisotopic (exact) mass is 338 g/mol. The van der Waals surface area contributed by atoms with Gasteiger partial charge in [-0.2, -0.15) is 0 Å². The topological polar surface area (TPSA) is 51.2 Å². The molecule has 24 heavy (non-hydrogen) atoms. The van der Waals surface area contributed by atoms with Crippen molar-refractivity contribution in [2.45, 2.75) is 25.7 Å². The molecule has 0 aliphatic heterocycles. The van der Waals surface area contributed by atoms with Gasteiger partial charge in [-0.15, -0.1) is 0 Å². The van der Waals surface area contributed by atoms with E-state index in [1.54, 1.807) is 7.11 Å². The third-order valence-electron chi connectivity index (χ3n) is 4.43. The maximum Gasteiger partial charge on any atom is 0.257 e. The molecule has 5 heteroatoms. The summed E-state index contributed by atoms with van der Waals surface area (Å²) in [7, 11) is 1.62. The second kappa shape index (κ2) is 6.24. The van der Waals surface area contributed by atoms with E-state index in [1.807, 2.05) is 30.3 Å². The minimum Gasteiger partial charge on any atom is -0.494 e. The molecule has 0 spiro atoms. The van der Waals surface area contributed by atoms with Crippen LogP contribution in [0.1, 0.15) is 34.3 Å². The highest BCUT2D eigenvalue weighted by molar-refractivity contribution is 7.22. The lowest BCUT2D eigenvalue weighted by Crippen LogP contribution is -2.13. The summed E-state index contributed by atoms with van der Waals surface area (Å²) in [6.07, 6.45) is 4.63. The smallest absolute Gasteiger partial charge is 0.257 e. The van der Waals surface area contributed by atoms with E-state index in [9.17, 15) is 4.79 Å². The Morgan fingerprint density at radius 1 is 1.17 bits per heavy atom. The van der Waals surface area contributed by atoms with Crippen LogP contribution in [-0.2, 0) is 12.8 Å². The first-order chi connectivity index (χ1) is 11.7. The van der Waals surface area contributed by atoms with Gasteiger partial charge in [0.15, 0.2) is 5.13 Å². The van der Waals surface area contributed by atoms with Gasteiger partial charge in [-0.3, -0.25) is 10.1 Å². The van der Waals surface area contributed by atoms with Gasteiger partial charge in [0.25, 0.3) is 5.91 Å². The van der Waals surface area contributed by atoms with Crippen molar-refractivity contribution < 1.29 is 9.53 Å². The number of ether oxygens (including phenoxy) is 1. The Morgan fingerprint density at radius 2 is 2.00 bits per heavy atom. The second-order valence-electron chi connectivity index (χ2n) is 5.97. The Labute approximate surface area is 144 Å². The lowest BCUT2D eigenvalue weighted by molar-refractivity contribution is 0.102. The highest BCUT2D eigenvalue weighted by Gasteiger charge is 2.15. The van der Waals surface area contributed by atoms with Crippen LogP contribution in [0.2, 0.25) is 0 Å². The summed E-state index contributed by atoms with van der Waals surface area (Å²) in [6.45, 7) is 0. The van der Waals surface area contributed by atoms with E-state index in [-0.39, 0.29) is 5.91 Å². The van der Waals surface area contributed by atoms with Gasteiger partial charge >= 0.3 is 0 Å². The van der Waals surface area contributed by atoms with Crippen molar-refractivity contribution in [2.75, 3.05) is 12.4 Å². The summed E-state index contributed by atoms with van der Waals surface area (Å²) < 4.78 is 6.32. The molecule has 4 nitrogen and oxygen atoms in total. The molecule has 0 saturated heterocycles. The molecule has 1 aromatic heterocycles. The molecular weight excluding hydrogens is 320 g/mol. The number of hydrogen-bond acceptors (Lipinski definition) is 4. The van der Waals surface area contributed by atoms with Gasteiger partial charge in [0.1, 0.15) is 11.3 Å². The van der Waals surface area contributed by atoms with E-state index in [1.165, 1.54) is 35.3 Å². The van der Waals surface area contributed by atoms with Crippen molar-refractivity contribution >= 4 is 32.6 Å². The predicted octanol–water partition coefficient (Wildman–Crippen LogP) is 4.44. The van der Waals surface area contributed by atoms with Crippen LogP contribution in [0.4, 0.5) is 5.13 Å². The molecule has 2 aromatic carbocycles. The number of rotatable bonds is 3. The van der Waals surface area contributed by atoms with Crippen LogP contribution >= 0.6 is 11.3 Å². The molecular formula is C19H18N2O2S. The zero-order chi connectivity index (χ0) is 16.5. The molecule has 0 fully saturated rings. The summed E-state index contributed by atoms with van der Waals surface area (Å²) in [5, 5.41) is 3.51. The number of aromatic nitrogens is 1. The van der Waals surface area contributed by atoms with Gasteiger partial charge in [0.2, 0.25) is 0 Å². The van der Waals surface area contributed by atoms with Crippen LogP contribution in [0.5, 0.6) is 5.75 Å². The summed E-state index contributed by atoms with van der Waals surface area (Å²) in [5.74, 6) is 0.611. The fourth-order valence-corrected chi connectivity index (χ4v) is 4.06. The average molecular weight is 338 g/mol. The number of para-hydroxylation sites is 1. The molecule has 1 amide bonds. The average Bonchev–Trinajstić information content (AvgIpc) is 3.03. The van der Waals surface area contributed by atoms with Crippen LogP contribution < -0.4 is 10.1 Å². The largest absolute Gasteiger partial charge is 0.494 e. The first-order valence-electron chi connectivity index (χ1n) is 8.11. The van der Waals surface area contributed by atoms with E-state index in [0.717, 1.165) is 28.8 Å². The number of anilines is 1. The number of aryl methyl sites for hydroxylation is 2. The maximum atomic E-state index is 12.6. The molecule has 0 saturated carbocycles. The number of amides is 1. The number of nitrogens with one attached hydrogen (secondary N) is 1. The van der Waals surface area contributed by atoms with Gasteiger partial charge < -0.3 is 4.74 Å². The molecule has 3 aromatic rings. The van der Waals surface area contributed by atoms with Crippen molar-refractivity contribution in [2.24, 2.45) is 0 Å². The fourth-order valence-electron chi connectivity index (χ4n) is 3.19. The molecule has 0 bridgehead atoms. The van der Waals surface area contributed by atoms with Crippen molar-refractivity contribution in [3.8, 4) is 5.75 Å². The quantitative estimate of drug-likeness (QED) is 0.768. The van der Waals surface area contributed by atoms with Gasteiger partial charge in [0, 0.05) is 5.56 Å². The third kappa shape index (κ3) is 2.76. The number of carbonyl (C=O) groups is 1. The summed E-state index contributed by atoms with van der Waals surface area (Å²) in [5.41, 5.74) is 4.16. The van der Waals surface area contributed by atoms with Crippen molar-refractivity contribution in [1.82, 2.24) is 4.98 Å². The Kier molecular flexibility index (Phi) is 3.94. The van der Waals surface area contributed by atoms with E-state index in [2.05, 4.69) is 16.4 Å². The minimum atomic E-state index is -0.110. The molecule has 4 rings (SSSR count). The Bertz CT molecular complexity index is 917. The zero-order valence-corrected chi connectivity index (χ0v) is 14.3. The molecule has 122 valence electrons. The van der Waals surface area contributed by atoms with E-state index < -0.39 is 0 Å². The number of thiazole rings is 1. The van der Waals surface area contributed by atoms with Crippen LogP contribution in [0.25, 0.3) is 10.2 Å². The van der Waals surface area contributed by atoms with Gasteiger partial charge in [0.05, 0.1) is 11.8 Å². The maximum absolute atomic E-state index is 12.6. The molecule has 0 radical (unpaired) electrons. The molecule has 1 aliphatic rings. The number of carbonyl (C=O) groups excluding carboxylic acids is 1. The minimum absolute atomic E-state index is 0.110. The van der Waals surface area contributed by atoms with Gasteiger partial charge in [-0.25, -0.2) is 4.98 Å². The molecule has 0 unspecified atom stereocenters. The summed E-state index contributed by atoms with van der Waals surface area (Å²) >= 11 is 1.46. The number of nitrogens with zero attached hydrogens (tertiary/aromatic N) is 1. The zero-order valence-electron chi connectivity index (χ0n) is 13.5. The number of hydrogen-bond donors (Lipinski definition) is 1. The van der Waals surface area contributed by atoms with Crippen LogP contribution in [-0.4, -0.2) is 18.0 Å².